The van der Waals surface area contributed by atoms with Gasteiger partial charge >= 0.3 is 6.09 Å². The van der Waals surface area contributed by atoms with Crippen molar-refractivity contribution in [2.45, 2.75) is 19.4 Å². The number of nitrogens with zero attached hydrogens (tertiary/aromatic N) is 2. The number of carbonyl (C=O) groups excluding carboxylic acids is 2. The van der Waals surface area contributed by atoms with Crippen molar-refractivity contribution in [3.8, 4) is 11.1 Å². The normalized spacial score (nSPS) is 18.7. The van der Waals surface area contributed by atoms with E-state index in [4.69, 9.17) is 9.26 Å². The smallest absolute Gasteiger partial charge is 0.414 e. The molecule has 1 aromatic heterocycles. The number of benzene rings is 1. The van der Waals surface area contributed by atoms with Crippen LogP contribution in [0.25, 0.3) is 11.1 Å². The number of aromatic nitrogens is 1. The fraction of sp³-hybridized carbons (Fsp3) is 0.353. The van der Waals surface area contributed by atoms with E-state index in [1.807, 2.05) is 18.2 Å². The molecule has 0 aliphatic carbocycles. The van der Waals surface area contributed by atoms with Gasteiger partial charge in [-0.15, -0.1) is 0 Å². The average molecular weight is 342 g/mol. The summed E-state index contributed by atoms with van der Waals surface area (Å²) < 4.78 is 10.5. The Morgan fingerprint density at radius 2 is 2.32 bits per heavy atom. The highest BCUT2D eigenvalue weighted by Gasteiger charge is 2.33. The second-order valence-corrected chi connectivity index (χ2v) is 6.14. The maximum Gasteiger partial charge on any atom is 0.414 e. The number of carbonyl (C=O) groups is 2. The first-order valence-corrected chi connectivity index (χ1v) is 8.16. The van der Waals surface area contributed by atoms with E-state index in [0.29, 0.717) is 19.0 Å². The molecule has 2 aliphatic heterocycles. The molecule has 1 fully saturated rings. The molecule has 2 N–H and O–H groups in total. The SMILES string of the molecule is CC(=O)NC[C@H]1CN(c2ccc3c(c2)CCNc2oncc2-3)C(=O)O1. The van der Waals surface area contributed by atoms with Crippen LogP contribution >= 0.6 is 0 Å². The van der Waals surface area contributed by atoms with Gasteiger partial charge in [0.15, 0.2) is 0 Å². The molecule has 1 saturated heterocycles. The van der Waals surface area contributed by atoms with Crippen LogP contribution in [-0.4, -0.2) is 42.9 Å². The standard InChI is InChI=1S/C17H18N4O4/c1-10(22)19-7-13-9-21(17(23)24-13)12-2-3-14-11(6-12)4-5-18-16-15(14)8-20-25-16/h2-3,6,8,13,18H,4-5,7,9H2,1H3,(H,19,22)/t13-/m0/s1. The van der Waals surface area contributed by atoms with Crippen LogP contribution in [0.4, 0.5) is 16.4 Å². The predicted molar refractivity (Wildman–Crippen MR) is 90.4 cm³/mol. The summed E-state index contributed by atoms with van der Waals surface area (Å²) in [7, 11) is 0. The minimum Gasteiger partial charge on any atom is -0.442 e. The molecule has 130 valence electrons. The van der Waals surface area contributed by atoms with Crippen LogP contribution in [0.5, 0.6) is 0 Å². The Hall–Kier alpha value is -3.03. The zero-order valence-electron chi connectivity index (χ0n) is 13.7. The van der Waals surface area contributed by atoms with Gasteiger partial charge in [0.1, 0.15) is 6.10 Å². The van der Waals surface area contributed by atoms with E-state index in [1.54, 1.807) is 11.1 Å². The van der Waals surface area contributed by atoms with Crippen LogP contribution in [0, 0.1) is 0 Å². The van der Waals surface area contributed by atoms with Crippen molar-refractivity contribution < 1.29 is 18.8 Å². The summed E-state index contributed by atoms with van der Waals surface area (Å²) in [5, 5.41) is 9.73. The Kier molecular flexibility index (Phi) is 3.79. The molecule has 2 aromatic rings. The van der Waals surface area contributed by atoms with Gasteiger partial charge in [-0.2, -0.15) is 0 Å². The van der Waals surface area contributed by atoms with Crippen molar-refractivity contribution in [1.29, 1.82) is 0 Å². The molecule has 2 amide bonds. The zero-order chi connectivity index (χ0) is 17.4. The van der Waals surface area contributed by atoms with Gasteiger partial charge in [0.25, 0.3) is 0 Å². The quantitative estimate of drug-likeness (QED) is 0.882. The second-order valence-electron chi connectivity index (χ2n) is 6.14. The lowest BCUT2D eigenvalue weighted by Crippen LogP contribution is -2.33. The molecule has 0 saturated carbocycles. The topological polar surface area (TPSA) is 96.7 Å². The zero-order valence-corrected chi connectivity index (χ0v) is 13.7. The highest BCUT2D eigenvalue weighted by molar-refractivity contribution is 5.91. The number of hydrogen-bond donors (Lipinski definition) is 2. The van der Waals surface area contributed by atoms with E-state index in [0.717, 1.165) is 35.3 Å². The van der Waals surface area contributed by atoms with Crippen molar-refractivity contribution in [1.82, 2.24) is 10.5 Å². The highest BCUT2D eigenvalue weighted by Crippen LogP contribution is 2.36. The molecule has 3 heterocycles. The van der Waals surface area contributed by atoms with E-state index in [9.17, 15) is 9.59 Å². The molecule has 0 spiro atoms. The number of cyclic esters (lactones) is 1. The third kappa shape index (κ3) is 2.90. The van der Waals surface area contributed by atoms with E-state index < -0.39 is 6.09 Å². The summed E-state index contributed by atoms with van der Waals surface area (Å²) in [6.07, 6.45) is 1.76. The van der Waals surface area contributed by atoms with Gasteiger partial charge in [-0.1, -0.05) is 11.2 Å². The molecule has 1 atom stereocenters. The van der Waals surface area contributed by atoms with E-state index in [-0.39, 0.29) is 12.0 Å². The lowest BCUT2D eigenvalue weighted by atomic mass is 9.99. The highest BCUT2D eigenvalue weighted by atomic mass is 16.6. The van der Waals surface area contributed by atoms with Crippen LogP contribution in [0.1, 0.15) is 12.5 Å². The molecule has 8 heteroatoms. The van der Waals surface area contributed by atoms with Gasteiger partial charge < -0.3 is 19.9 Å². The number of hydrogen-bond acceptors (Lipinski definition) is 6. The molecular formula is C17H18N4O4. The van der Waals surface area contributed by atoms with E-state index in [1.165, 1.54) is 6.92 Å². The fourth-order valence-corrected chi connectivity index (χ4v) is 3.18. The summed E-state index contributed by atoms with van der Waals surface area (Å²) in [4.78, 5) is 24.8. The number of ether oxygens (including phenoxy) is 1. The Labute approximate surface area is 144 Å². The number of fused-ring (bicyclic) bond motifs is 3. The molecule has 2 aliphatic rings. The van der Waals surface area contributed by atoms with Crippen LogP contribution in [0.15, 0.2) is 28.9 Å². The number of nitrogens with one attached hydrogen (secondary N) is 2. The largest absolute Gasteiger partial charge is 0.442 e. The summed E-state index contributed by atoms with van der Waals surface area (Å²) in [6, 6.07) is 5.87. The summed E-state index contributed by atoms with van der Waals surface area (Å²) in [5.74, 6) is 0.527. The second kappa shape index (κ2) is 6.12. The third-order valence-corrected chi connectivity index (χ3v) is 4.39. The van der Waals surface area contributed by atoms with Crippen molar-refractivity contribution in [2.24, 2.45) is 0 Å². The van der Waals surface area contributed by atoms with Crippen LogP contribution < -0.4 is 15.5 Å². The van der Waals surface area contributed by atoms with Crippen LogP contribution in [-0.2, 0) is 16.0 Å². The molecule has 0 unspecified atom stereocenters. The summed E-state index contributed by atoms with van der Waals surface area (Å²) >= 11 is 0. The Bertz CT molecular complexity index is 832. The minimum atomic E-state index is -0.396. The predicted octanol–water partition coefficient (Wildman–Crippen LogP) is 1.77. The van der Waals surface area contributed by atoms with Crippen molar-refractivity contribution in [3.63, 3.8) is 0 Å². The number of anilines is 2. The van der Waals surface area contributed by atoms with Gasteiger partial charge in [0, 0.05) is 19.2 Å². The molecule has 8 nitrogen and oxygen atoms in total. The van der Waals surface area contributed by atoms with E-state index in [2.05, 4.69) is 15.8 Å². The summed E-state index contributed by atoms with van der Waals surface area (Å²) in [5.41, 5.74) is 3.87. The minimum absolute atomic E-state index is 0.142. The first-order chi connectivity index (χ1) is 12.1. The van der Waals surface area contributed by atoms with Crippen LogP contribution in [0.3, 0.4) is 0 Å². The first kappa shape index (κ1) is 15.5. The van der Waals surface area contributed by atoms with Crippen molar-refractivity contribution >= 4 is 23.6 Å². The van der Waals surface area contributed by atoms with Gasteiger partial charge in [-0.3, -0.25) is 9.69 Å². The number of amides is 2. The first-order valence-electron chi connectivity index (χ1n) is 8.16. The third-order valence-electron chi connectivity index (χ3n) is 4.39. The number of rotatable bonds is 3. The Balaban J connectivity index is 1.58. The van der Waals surface area contributed by atoms with Crippen molar-refractivity contribution in [3.05, 3.63) is 30.0 Å². The summed E-state index contributed by atoms with van der Waals surface area (Å²) in [6.45, 7) is 2.90. The Morgan fingerprint density at radius 3 is 3.16 bits per heavy atom. The maximum absolute atomic E-state index is 12.2. The Morgan fingerprint density at radius 1 is 1.44 bits per heavy atom. The molecule has 0 bridgehead atoms. The maximum atomic E-state index is 12.2. The molecule has 1 aromatic carbocycles. The molecule has 0 radical (unpaired) electrons. The van der Waals surface area contributed by atoms with Gasteiger partial charge in [0.05, 0.1) is 24.8 Å². The average Bonchev–Trinajstić information content (AvgIpc) is 3.15. The lowest BCUT2D eigenvalue weighted by molar-refractivity contribution is -0.119. The van der Waals surface area contributed by atoms with Gasteiger partial charge in [0.2, 0.25) is 11.8 Å². The monoisotopic (exact) mass is 342 g/mol. The van der Waals surface area contributed by atoms with Gasteiger partial charge in [-0.05, 0) is 29.7 Å². The van der Waals surface area contributed by atoms with Crippen molar-refractivity contribution in [2.75, 3.05) is 29.9 Å². The lowest BCUT2D eigenvalue weighted by Gasteiger charge is -2.15. The molecule has 25 heavy (non-hydrogen) atoms. The fourth-order valence-electron chi connectivity index (χ4n) is 3.18. The van der Waals surface area contributed by atoms with E-state index >= 15 is 0 Å². The van der Waals surface area contributed by atoms with Gasteiger partial charge in [-0.25, -0.2) is 4.79 Å². The van der Waals surface area contributed by atoms with Crippen LogP contribution in [0.2, 0.25) is 0 Å². The molecular weight excluding hydrogens is 324 g/mol. The molecule has 4 rings (SSSR count).